The van der Waals surface area contributed by atoms with E-state index in [-0.39, 0.29) is 53.4 Å². The predicted molar refractivity (Wildman–Crippen MR) is 317 cm³/mol. The van der Waals surface area contributed by atoms with Crippen molar-refractivity contribution in [3.63, 3.8) is 0 Å². The zero-order valence-corrected chi connectivity index (χ0v) is 48.6. The summed E-state index contributed by atoms with van der Waals surface area (Å²) < 4.78 is 53.7. The van der Waals surface area contributed by atoms with Crippen LogP contribution in [0.1, 0.15) is 87.8 Å². The van der Waals surface area contributed by atoms with Gasteiger partial charge < -0.3 is 29.2 Å². The summed E-state index contributed by atoms with van der Waals surface area (Å²) in [5.74, 6) is 0.901. The molecule has 80 heavy (non-hydrogen) atoms. The molecule has 8 rings (SSSR count). The van der Waals surface area contributed by atoms with Gasteiger partial charge in [-0.2, -0.15) is 0 Å². The molecule has 14 nitrogen and oxygen atoms in total. The Morgan fingerprint density at radius 3 is 1.18 bits per heavy atom. The van der Waals surface area contributed by atoms with Gasteiger partial charge in [-0.25, -0.2) is 9.13 Å². The maximum Gasteiger partial charge on any atom is 0.327 e. The van der Waals surface area contributed by atoms with E-state index in [0.717, 1.165) is 48.1 Å². The molecule has 0 aliphatic carbocycles. The minimum Gasteiger partial charge on any atom is -0.492 e. The Bertz CT molecular complexity index is 2490. The first kappa shape index (κ1) is 68.3. The predicted octanol–water partition coefficient (Wildman–Crippen LogP) is 15.2. The molecule has 0 amide bonds. The average Bonchev–Trinajstić information content (AvgIpc) is 3.61. The van der Waals surface area contributed by atoms with E-state index >= 15 is 0 Å². The van der Waals surface area contributed by atoms with Crippen LogP contribution in [0.5, 0.6) is 0 Å². The molecule has 2 aliphatic rings. The lowest BCUT2D eigenvalue weighted by Gasteiger charge is -2.50. The summed E-state index contributed by atoms with van der Waals surface area (Å²) in [5.41, 5.74) is 6.98. The van der Waals surface area contributed by atoms with Gasteiger partial charge in [0.1, 0.15) is 24.1 Å². The van der Waals surface area contributed by atoms with Gasteiger partial charge in [0, 0.05) is 19.9 Å². The monoisotopic (exact) mass is 1130 g/mol. The molecular weight excluding hydrogens is 1050 g/mol. The van der Waals surface area contributed by atoms with Crippen molar-refractivity contribution >= 4 is 17.4 Å². The number of ether oxygens (including phenoxy) is 4. The third-order valence-electron chi connectivity index (χ3n) is 14.6. The van der Waals surface area contributed by atoms with Crippen LogP contribution in [0.3, 0.4) is 0 Å². The van der Waals surface area contributed by atoms with E-state index in [9.17, 15) is 19.3 Å². The van der Waals surface area contributed by atoms with Crippen molar-refractivity contribution < 1.29 is 47.3 Å². The fourth-order valence-corrected chi connectivity index (χ4v) is 10.2. The van der Waals surface area contributed by atoms with Gasteiger partial charge in [-0.1, -0.05) is 230 Å². The van der Waals surface area contributed by atoms with Crippen molar-refractivity contribution in [2.24, 2.45) is 35.5 Å². The second-order valence-electron chi connectivity index (χ2n) is 20.2. The van der Waals surface area contributed by atoms with Gasteiger partial charge in [0.05, 0.1) is 39.1 Å². The van der Waals surface area contributed by atoms with Crippen molar-refractivity contribution in [3.8, 4) is 0 Å². The Balaban J connectivity index is 0.000000301. The first-order valence-corrected chi connectivity index (χ1v) is 28.4. The Labute approximate surface area is 476 Å². The standard InChI is InChI=1S/C25H34O4.C25H32O2.2C7H7O2P.2O2/c1-18(14-15-21-10-6-4-7-11-21)23-19(2)20(3)24(25(27,17-26)29-23)28-16-22-12-8-5-9-13-22;1-18(15-16-22-11-7-5-8-12-22)24-19(2)20(3)25(21(4)27-24)26-17-23-13-9-6-10-14-23;2*8-10-9-6-7-4-2-1-3-5-7;2*1-2/h4-13,18-20,23-24,26-27H,14-17H2,1-3H3;5-14,18-20,24-25H,4,15-17H2,1-3H3;2*1-5H,6H2;;/t18-,19+,20+,23?,24?,25+;18-,19+,20+,24?,25?;;;;/m11..../s1. The smallest absolute Gasteiger partial charge is 0.327 e. The minimum atomic E-state index is -1.69. The highest BCUT2D eigenvalue weighted by molar-refractivity contribution is 7.17. The molecule has 0 bridgehead atoms. The molecule has 4 unspecified atom stereocenters. The Kier molecular flexibility index (Phi) is 33.6. The minimum absolute atomic E-state index is 0.0437. The molecule has 0 spiro atoms. The second-order valence-corrected chi connectivity index (χ2v) is 21.0. The fourth-order valence-electron chi connectivity index (χ4n) is 9.81. The maximum absolute atomic E-state index is 11.1. The van der Waals surface area contributed by atoms with E-state index in [1.165, 1.54) is 16.7 Å². The molecular formula is C64H80O14P2. The molecule has 0 radical (unpaired) electrons. The molecule has 0 aromatic heterocycles. The van der Waals surface area contributed by atoms with Crippen LogP contribution < -0.4 is 0 Å². The summed E-state index contributed by atoms with van der Waals surface area (Å²) in [4.78, 5) is 28.0. The Morgan fingerprint density at radius 1 is 0.487 bits per heavy atom. The van der Waals surface area contributed by atoms with Gasteiger partial charge >= 0.3 is 17.4 Å². The van der Waals surface area contributed by atoms with Crippen LogP contribution in [-0.4, -0.2) is 47.0 Å². The van der Waals surface area contributed by atoms with Crippen molar-refractivity contribution in [1.82, 2.24) is 0 Å². The van der Waals surface area contributed by atoms with E-state index in [2.05, 4.69) is 124 Å². The molecule has 0 saturated carbocycles. The van der Waals surface area contributed by atoms with Crippen molar-refractivity contribution in [1.29, 1.82) is 0 Å². The fraction of sp³-hybridized carbons (Fsp3) is 0.406. The lowest BCUT2D eigenvalue weighted by atomic mass is 9.75. The Hall–Kier alpha value is -6.02. The van der Waals surface area contributed by atoms with Gasteiger partial charge in [-0.05, 0) is 94.6 Å². The number of hydrogen-bond donors (Lipinski definition) is 2. The molecule has 11 atom stereocenters. The molecule has 2 heterocycles. The van der Waals surface area contributed by atoms with Gasteiger partial charge in [0.2, 0.25) is 5.79 Å². The van der Waals surface area contributed by atoms with Crippen LogP contribution in [0, 0.1) is 55.4 Å². The van der Waals surface area contributed by atoms with Crippen LogP contribution in [0.2, 0.25) is 0 Å². The Morgan fingerprint density at radius 2 is 0.812 bits per heavy atom. The number of hydrogen-bond acceptors (Lipinski definition) is 14. The molecule has 2 saturated heterocycles. The average molecular weight is 1140 g/mol. The summed E-state index contributed by atoms with van der Waals surface area (Å²) in [7, 11) is -0.520. The summed E-state index contributed by atoms with van der Waals surface area (Å²) >= 11 is 0. The number of aliphatic hydroxyl groups excluding tert-OH is 1. The normalized spacial score (nSPS) is 22.7. The van der Waals surface area contributed by atoms with E-state index < -0.39 is 18.5 Å². The SMILES string of the molecule is C=C1OC([C@H](C)CCc2ccccc2)[C@@H](C)[C@H](C)C1OCc1ccccc1.C[C@H](CCc1ccccc1)C1O[C@@](O)(CO)C(OCc2ccccc2)[C@@H](C)[C@@H]1C.O=O.O=O.O=POCc1ccccc1.O=POCc1ccccc1. The summed E-state index contributed by atoms with van der Waals surface area (Å²) in [5, 5.41) is 21.1. The van der Waals surface area contributed by atoms with Gasteiger partial charge in [0.25, 0.3) is 0 Å². The highest BCUT2D eigenvalue weighted by Gasteiger charge is 2.52. The van der Waals surface area contributed by atoms with Crippen LogP contribution in [0.4, 0.5) is 0 Å². The zero-order valence-electron chi connectivity index (χ0n) is 46.9. The molecule has 2 fully saturated rings. The molecule has 2 N–H and O–H groups in total. The highest BCUT2D eigenvalue weighted by atomic mass is 31.1. The molecule has 2 aliphatic heterocycles. The lowest BCUT2D eigenvalue weighted by molar-refractivity contribution is -0.352. The first-order chi connectivity index (χ1) is 38.9. The number of aliphatic hydroxyl groups is 2. The maximum atomic E-state index is 11.1. The third kappa shape index (κ3) is 23.6. The van der Waals surface area contributed by atoms with Crippen LogP contribution >= 0.6 is 17.4 Å². The first-order valence-electron chi connectivity index (χ1n) is 26.9. The van der Waals surface area contributed by atoms with Crippen molar-refractivity contribution in [2.45, 2.75) is 124 Å². The topological polar surface area (TPSA) is 198 Å². The second kappa shape index (κ2) is 39.4. The largest absolute Gasteiger partial charge is 0.492 e. The van der Waals surface area contributed by atoms with Crippen molar-refractivity contribution in [3.05, 3.63) is 248 Å². The van der Waals surface area contributed by atoms with E-state index in [4.69, 9.17) is 38.8 Å². The molecule has 430 valence electrons. The van der Waals surface area contributed by atoms with Gasteiger partial charge in [0.15, 0.2) is 0 Å². The summed E-state index contributed by atoms with van der Waals surface area (Å²) in [6.07, 6.45) is 3.57. The summed E-state index contributed by atoms with van der Waals surface area (Å²) in [6.45, 7) is 18.8. The van der Waals surface area contributed by atoms with Crippen LogP contribution in [-0.2, 0) is 76.4 Å². The summed E-state index contributed by atoms with van der Waals surface area (Å²) in [6, 6.07) is 60.5. The van der Waals surface area contributed by atoms with Crippen LogP contribution in [0.25, 0.3) is 0 Å². The van der Waals surface area contributed by atoms with Gasteiger partial charge in [-0.3, -0.25) is 9.05 Å². The van der Waals surface area contributed by atoms with E-state index in [1.54, 1.807) is 0 Å². The highest BCUT2D eigenvalue weighted by Crippen LogP contribution is 2.42. The van der Waals surface area contributed by atoms with E-state index in [1.807, 2.05) is 115 Å². The lowest BCUT2D eigenvalue weighted by Crippen LogP contribution is -2.62. The van der Waals surface area contributed by atoms with E-state index in [0.29, 0.717) is 44.2 Å². The molecule has 6 aromatic rings. The number of benzene rings is 6. The quantitative estimate of drug-likeness (QED) is 0.0645. The molecule has 16 heteroatoms. The van der Waals surface area contributed by atoms with Gasteiger partial charge in [-0.15, -0.1) is 0 Å². The number of rotatable bonds is 21. The number of aryl methyl sites for hydroxylation is 2. The zero-order chi connectivity index (χ0) is 58.5. The molecule has 6 aromatic carbocycles. The van der Waals surface area contributed by atoms with Crippen molar-refractivity contribution in [2.75, 3.05) is 6.61 Å². The van der Waals surface area contributed by atoms with Crippen LogP contribution in [0.15, 0.2) is 194 Å². The third-order valence-corrected chi connectivity index (χ3v) is 15.1.